The maximum absolute atomic E-state index is 13.3. The summed E-state index contributed by atoms with van der Waals surface area (Å²) in [5, 5.41) is 6.53. The fourth-order valence-electron chi connectivity index (χ4n) is 1.01. The van der Waals surface area contributed by atoms with Gasteiger partial charge < -0.3 is 0 Å². The summed E-state index contributed by atoms with van der Waals surface area (Å²) in [4.78, 5) is 10.5. The number of H-pyrrole nitrogens is 1. The molecule has 0 fully saturated rings. The van der Waals surface area contributed by atoms with Gasteiger partial charge in [0.15, 0.2) is 5.01 Å². The Morgan fingerprint density at radius 1 is 1.50 bits per heavy atom. The van der Waals surface area contributed by atoms with Crippen molar-refractivity contribution in [2.45, 2.75) is 0 Å². The first-order valence-corrected chi connectivity index (χ1v) is 4.87. The van der Waals surface area contributed by atoms with E-state index in [4.69, 9.17) is 11.6 Å². The third-order valence-corrected chi connectivity index (χ3v) is 2.62. The molecule has 3 nitrogen and oxygen atoms in total. The Hall–Kier alpha value is -1.20. The summed E-state index contributed by atoms with van der Waals surface area (Å²) in [7, 11) is 0. The molecule has 0 radical (unpaired) electrons. The number of nitrogens with zero attached hydrogens (tertiary/aromatic N) is 1. The van der Waals surface area contributed by atoms with E-state index in [1.165, 1.54) is 12.1 Å². The third kappa shape index (κ3) is 1.69. The molecular weight excluding hydrogens is 227 g/mol. The van der Waals surface area contributed by atoms with E-state index in [0.29, 0.717) is 10.0 Å². The van der Waals surface area contributed by atoms with E-state index in [0.717, 1.165) is 11.3 Å². The van der Waals surface area contributed by atoms with Crippen LogP contribution in [0.2, 0.25) is 5.02 Å². The predicted octanol–water partition coefficient (Wildman–Crippen LogP) is 2.29. The van der Waals surface area contributed by atoms with E-state index in [-0.39, 0.29) is 10.4 Å². The number of hydrogen-bond acceptors (Lipinski definition) is 3. The van der Waals surface area contributed by atoms with E-state index in [9.17, 15) is 9.18 Å². The Kier molecular flexibility index (Phi) is 2.35. The van der Waals surface area contributed by atoms with Gasteiger partial charge in [-0.3, -0.25) is 4.79 Å². The lowest BCUT2D eigenvalue weighted by molar-refractivity contribution is 0.631. The van der Waals surface area contributed by atoms with Crippen LogP contribution in [0.25, 0.3) is 10.6 Å². The fourth-order valence-corrected chi connectivity index (χ4v) is 1.80. The minimum atomic E-state index is -0.486. The highest BCUT2D eigenvalue weighted by Crippen LogP contribution is 2.24. The van der Waals surface area contributed by atoms with E-state index in [1.54, 1.807) is 6.07 Å². The van der Waals surface area contributed by atoms with Gasteiger partial charge in [-0.05, 0) is 18.2 Å². The molecule has 0 spiro atoms. The fraction of sp³-hybridized carbons (Fsp3) is 0. The minimum Gasteiger partial charge on any atom is -0.255 e. The Labute approximate surface area is 87.2 Å². The van der Waals surface area contributed by atoms with Crippen LogP contribution in [0.1, 0.15) is 0 Å². The zero-order chi connectivity index (χ0) is 10.1. The molecule has 0 saturated heterocycles. The van der Waals surface area contributed by atoms with Gasteiger partial charge in [-0.25, -0.2) is 9.49 Å². The summed E-state index contributed by atoms with van der Waals surface area (Å²) < 4.78 is 13.3. The van der Waals surface area contributed by atoms with Gasteiger partial charge in [-0.1, -0.05) is 22.9 Å². The summed E-state index contributed by atoms with van der Waals surface area (Å²) >= 11 is 6.44. The average molecular weight is 231 g/mol. The lowest BCUT2D eigenvalue weighted by atomic mass is 10.2. The molecule has 0 aliphatic rings. The SMILES string of the molecule is O=c1[nH]nc(-c2ccc(Cl)cc2F)s1. The molecule has 0 unspecified atom stereocenters. The van der Waals surface area contributed by atoms with Gasteiger partial charge in [-0.15, -0.1) is 0 Å². The Morgan fingerprint density at radius 3 is 2.86 bits per heavy atom. The second kappa shape index (κ2) is 3.51. The van der Waals surface area contributed by atoms with Crippen LogP contribution in [0.5, 0.6) is 0 Å². The smallest absolute Gasteiger partial charge is 0.255 e. The summed E-state index contributed by atoms with van der Waals surface area (Å²) in [6, 6.07) is 4.22. The zero-order valence-corrected chi connectivity index (χ0v) is 8.32. The molecule has 6 heteroatoms. The molecule has 0 aliphatic carbocycles. The molecule has 1 aromatic heterocycles. The van der Waals surface area contributed by atoms with Gasteiger partial charge in [-0.2, -0.15) is 5.10 Å². The second-order valence-corrected chi connectivity index (χ2v) is 3.94. The maximum atomic E-state index is 13.3. The van der Waals surface area contributed by atoms with E-state index >= 15 is 0 Å². The van der Waals surface area contributed by atoms with Crippen LogP contribution in [0.3, 0.4) is 0 Å². The van der Waals surface area contributed by atoms with Crippen LogP contribution in [-0.4, -0.2) is 10.2 Å². The van der Waals surface area contributed by atoms with Crippen LogP contribution in [0.15, 0.2) is 23.0 Å². The molecule has 1 N–H and O–H groups in total. The first-order valence-electron chi connectivity index (χ1n) is 3.68. The van der Waals surface area contributed by atoms with Crippen LogP contribution in [-0.2, 0) is 0 Å². The number of aromatic nitrogens is 2. The highest BCUT2D eigenvalue weighted by Gasteiger charge is 2.09. The Morgan fingerprint density at radius 2 is 2.29 bits per heavy atom. The number of rotatable bonds is 1. The molecule has 0 amide bonds. The molecule has 0 aliphatic heterocycles. The lowest BCUT2D eigenvalue weighted by Crippen LogP contribution is -1.90. The number of hydrogen-bond donors (Lipinski definition) is 1. The molecule has 0 bridgehead atoms. The third-order valence-electron chi connectivity index (χ3n) is 1.60. The number of halogens is 2. The van der Waals surface area contributed by atoms with Crippen LogP contribution < -0.4 is 4.87 Å². The van der Waals surface area contributed by atoms with E-state index < -0.39 is 5.82 Å². The van der Waals surface area contributed by atoms with Crippen LogP contribution in [0.4, 0.5) is 4.39 Å². The van der Waals surface area contributed by atoms with Crippen molar-refractivity contribution >= 4 is 22.9 Å². The highest BCUT2D eigenvalue weighted by molar-refractivity contribution is 7.12. The molecule has 2 rings (SSSR count). The van der Waals surface area contributed by atoms with Crippen molar-refractivity contribution in [1.29, 1.82) is 0 Å². The number of benzene rings is 1. The van der Waals surface area contributed by atoms with Crippen molar-refractivity contribution in [3.8, 4) is 10.6 Å². The second-order valence-electron chi connectivity index (χ2n) is 2.54. The Bertz CT molecular complexity index is 522. The van der Waals surface area contributed by atoms with Crippen LogP contribution in [0, 0.1) is 5.82 Å². The molecule has 1 heterocycles. The minimum absolute atomic E-state index is 0.276. The highest BCUT2D eigenvalue weighted by atomic mass is 35.5. The lowest BCUT2D eigenvalue weighted by Gasteiger charge is -1.97. The molecule has 1 aromatic carbocycles. The van der Waals surface area contributed by atoms with Gasteiger partial charge in [0, 0.05) is 10.6 Å². The predicted molar refractivity (Wildman–Crippen MR) is 53.1 cm³/mol. The molecule has 72 valence electrons. The van der Waals surface area contributed by atoms with E-state index in [1.807, 2.05) is 0 Å². The molecular formula is C8H4ClFN2OS. The average Bonchev–Trinajstić information content (AvgIpc) is 2.51. The largest absolute Gasteiger partial charge is 0.322 e. The molecule has 2 aromatic rings. The van der Waals surface area contributed by atoms with Gasteiger partial charge in [0.05, 0.1) is 0 Å². The van der Waals surface area contributed by atoms with E-state index in [2.05, 4.69) is 10.2 Å². The monoisotopic (exact) mass is 230 g/mol. The van der Waals surface area contributed by atoms with Crippen LogP contribution >= 0.6 is 22.9 Å². The van der Waals surface area contributed by atoms with Crippen molar-refractivity contribution in [3.63, 3.8) is 0 Å². The quantitative estimate of drug-likeness (QED) is 0.817. The number of aromatic amines is 1. The van der Waals surface area contributed by atoms with Gasteiger partial charge in [0.2, 0.25) is 0 Å². The topological polar surface area (TPSA) is 45.8 Å². The summed E-state index contributed by atoms with van der Waals surface area (Å²) in [6.45, 7) is 0. The standard InChI is InChI=1S/C8H4ClFN2OS/c9-4-1-2-5(6(10)3-4)7-11-12-8(13)14-7/h1-3H,(H,12,13). The van der Waals surface area contributed by atoms with Gasteiger partial charge in [0.25, 0.3) is 0 Å². The van der Waals surface area contributed by atoms with Crippen molar-refractivity contribution < 1.29 is 4.39 Å². The number of nitrogens with one attached hydrogen (secondary N) is 1. The normalized spacial score (nSPS) is 10.4. The molecule has 0 atom stereocenters. The van der Waals surface area contributed by atoms with Gasteiger partial charge in [0.1, 0.15) is 5.82 Å². The van der Waals surface area contributed by atoms with Crippen molar-refractivity contribution in [1.82, 2.24) is 10.2 Å². The zero-order valence-electron chi connectivity index (χ0n) is 6.75. The molecule has 14 heavy (non-hydrogen) atoms. The Balaban J connectivity index is 2.57. The van der Waals surface area contributed by atoms with Crippen molar-refractivity contribution in [2.24, 2.45) is 0 Å². The molecule has 0 saturated carbocycles. The maximum Gasteiger partial charge on any atom is 0.322 e. The first-order chi connectivity index (χ1) is 6.66. The first kappa shape index (κ1) is 9.36. The van der Waals surface area contributed by atoms with Crippen molar-refractivity contribution in [3.05, 3.63) is 38.7 Å². The summed E-state index contributed by atoms with van der Waals surface area (Å²) in [6.07, 6.45) is 0. The van der Waals surface area contributed by atoms with Crippen molar-refractivity contribution in [2.75, 3.05) is 0 Å². The van der Waals surface area contributed by atoms with Gasteiger partial charge >= 0.3 is 4.87 Å². The summed E-state index contributed by atoms with van der Waals surface area (Å²) in [5.74, 6) is -0.486. The summed E-state index contributed by atoms with van der Waals surface area (Å²) in [5.41, 5.74) is 0.276.